The van der Waals surface area contributed by atoms with Gasteiger partial charge in [0.1, 0.15) is 5.75 Å². The van der Waals surface area contributed by atoms with Crippen LogP contribution in [0.5, 0.6) is 5.75 Å². The van der Waals surface area contributed by atoms with Gasteiger partial charge in [-0.3, -0.25) is 0 Å². The van der Waals surface area contributed by atoms with Crippen LogP contribution in [0.15, 0.2) is 52.7 Å². The van der Waals surface area contributed by atoms with Crippen molar-refractivity contribution in [3.63, 3.8) is 0 Å². The van der Waals surface area contributed by atoms with Crippen molar-refractivity contribution in [1.29, 1.82) is 0 Å². The smallest absolute Gasteiger partial charge is 0.243 e. The van der Waals surface area contributed by atoms with Crippen molar-refractivity contribution in [1.82, 2.24) is 9.29 Å². The number of aromatic nitrogens is 1. The van der Waals surface area contributed by atoms with Gasteiger partial charge in [0.25, 0.3) is 0 Å². The summed E-state index contributed by atoms with van der Waals surface area (Å²) < 4.78 is 32.8. The summed E-state index contributed by atoms with van der Waals surface area (Å²) in [6, 6.07) is 12.3. The van der Waals surface area contributed by atoms with Gasteiger partial charge < -0.3 is 9.64 Å². The Kier molecular flexibility index (Phi) is 6.74. The van der Waals surface area contributed by atoms with Crippen molar-refractivity contribution < 1.29 is 13.2 Å². The van der Waals surface area contributed by atoms with E-state index in [0.717, 1.165) is 22.1 Å². The number of piperazine rings is 1. The van der Waals surface area contributed by atoms with Crippen molar-refractivity contribution in [3.8, 4) is 5.75 Å². The normalized spacial score (nSPS) is 15.3. The first-order valence-corrected chi connectivity index (χ1v) is 12.7. The quantitative estimate of drug-likeness (QED) is 0.499. The number of benzene rings is 2. The fourth-order valence-corrected chi connectivity index (χ4v) is 6.16. The summed E-state index contributed by atoms with van der Waals surface area (Å²) in [5, 5.41) is 3.50. The highest BCUT2D eigenvalue weighted by Gasteiger charge is 2.29. The number of hydrogen-bond acceptors (Lipinski definition) is 6. The number of rotatable bonds is 6. The van der Waals surface area contributed by atoms with Crippen LogP contribution in [-0.4, -0.2) is 51.0 Å². The number of nitrogens with zero attached hydrogens (tertiary/aromatic N) is 3. The minimum atomic E-state index is -3.62. The minimum Gasteiger partial charge on any atom is -0.496 e. The molecule has 2 aromatic carbocycles. The second-order valence-corrected chi connectivity index (χ2v) is 10.7. The maximum atomic E-state index is 12.9. The fourth-order valence-electron chi connectivity index (χ4n) is 3.47. The Hall–Kier alpha value is -1.84. The van der Waals surface area contributed by atoms with Crippen molar-refractivity contribution in [2.24, 2.45) is 0 Å². The molecular formula is C21H21Cl2N3O3S2. The minimum absolute atomic E-state index is 0.156. The van der Waals surface area contributed by atoms with Crippen LogP contribution in [0.25, 0.3) is 0 Å². The molecule has 31 heavy (non-hydrogen) atoms. The molecule has 0 radical (unpaired) electrons. The molecule has 1 fully saturated rings. The second-order valence-electron chi connectivity index (χ2n) is 7.08. The molecule has 1 saturated heterocycles. The monoisotopic (exact) mass is 497 g/mol. The first kappa shape index (κ1) is 22.4. The lowest BCUT2D eigenvalue weighted by Crippen LogP contribution is -2.48. The second kappa shape index (κ2) is 9.34. The van der Waals surface area contributed by atoms with Gasteiger partial charge in [-0.05, 0) is 24.3 Å². The Balaban J connectivity index is 1.42. The Labute approximate surface area is 196 Å². The summed E-state index contributed by atoms with van der Waals surface area (Å²) >= 11 is 13.5. The third-order valence-corrected chi connectivity index (χ3v) is 8.73. The lowest BCUT2D eigenvalue weighted by Gasteiger charge is -2.33. The molecule has 0 N–H and O–H groups in total. The largest absolute Gasteiger partial charge is 0.496 e. The molecule has 3 aromatic rings. The molecule has 2 heterocycles. The first-order chi connectivity index (χ1) is 14.9. The van der Waals surface area contributed by atoms with Crippen LogP contribution in [0.1, 0.15) is 11.3 Å². The molecule has 6 nitrogen and oxygen atoms in total. The van der Waals surface area contributed by atoms with E-state index < -0.39 is 10.0 Å². The molecule has 1 aliphatic heterocycles. The highest BCUT2D eigenvalue weighted by atomic mass is 35.5. The number of para-hydroxylation sites is 1. The van der Waals surface area contributed by atoms with E-state index in [1.165, 1.54) is 22.5 Å². The molecule has 1 aromatic heterocycles. The van der Waals surface area contributed by atoms with Gasteiger partial charge in [-0.2, -0.15) is 4.31 Å². The third-order valence-electron chi connectivity index (χ3n) is 5.14. The molecule has 164 valence electrons. The summed E-state index contributed by atoms with van der Waals surface area (Å²) in [6.07, 6.45) is 0.687. The molecule has 0 bridgehead atoms. The molecule has 0 amide bonds. The Morgan fingerprint density at radius 3 is 2.52 bits per heavy atom. The SMILES string of the molecule is COc1ccccc1Cc1csc(N2CCN(S(=O)(=O)c3ccc(Cl)c(Cl)c3)CC2)n1. The van der Waals surface area contributed by atoms with Gasteiger partial charge >= 0.3 is 0 Å². The average Bonchev–Trinajstić information content (AvgIpc) is 3.24. The van der Waals surface area contributed by atoms with E-state index in [1.54, 1.807) is 18.4 Å². The van der Waals surface area contributed by atoms with E-state index in [0.29, 0.717) is 37.6 Å². The molecule has 0 unspecified atom stereocenters. The van der Waals surface area contributed by atoms with Gasteiger partial charge in [0.2, 0.25) is 10.0 Å². The third kappa shape index (κ3) is 4.83. The standard InChI is InChI=1S/C21H21Cl2N3O3S2/c1-29-20-5-3-2-4-15(20)12-16-14-30-21(24-16)25-8-10-26(11-9-25)31(27,28)17-6-7-18(22)19(23)13-17/h2-7,13-14H,8-12H2,1H3. The molecule has 0 saturated carbocycles. The molecule has 0 aliphatic carbocycles. The van der Waals surface area contributed by atoms with Crippen LogP contribution >= 0.6 is 34.5 Å². The summed E-state index contributed by atoms with van der Waals surface area (Å²) in [5.74, 6) is 0.846. The zero-order valence-electron chi connectivity index (χ0n) is 16.8. The van der Waals surface area contributed by atoms with Crippen LogP contribution in [-0.2, 0) is 16.4 Å². The molecule has 4 rings (SSSR count). The van der Waals surface area contributed by atoms with E-state index >= 15 is 0 Å². The molecule has 10 heteroatoms. The van der Waals surface area contributed by atoms with Gasteiger partial charge in [0.05, 0.1) is 27.7 Å². The molecule has 0 atom stereocenters. The van der Waals surface area contributed by atoms with Crippen LogP contribution in [0.2, 0.25) is 10.0 Å². The highest BCUT2D eigenvalue weighted by Crippen LogP contribution is 2.29. The molecule has 0 spiro atoms. The number of ether oxygens (including phenoxy) is 1. The van der Waals surface area contributed by atoms with Gasteiger partial charge in [-0.15, -0.1) is 11.3 Å². The topological polar surface area (TPSA) is 62.7 Å². The molecular weight excluding hydrogens is 477 g/mol. The summed E-state index contributed by atoms with van der Waals surface area (Å²) in [7, 11) is -1.95. The van der Waals surface area contributed by atoms with Gasteiger partial charge in [-0.25, -0.2) is 13.4 Å². The fraction of sp³-hybridized carbons (Fsp3) is 0.286. The van der Waals surface area contributed by atoms with Crippen LogP contribution in [0, 0.1) is 0 Å². The van der Waals surface area contributed by atoms with E-state index in [9.17, 15) is 8.42 Å². The number of hydrogen-bond donors (Lipinski definition) is 0. The van der Waals surface area contributed by atoms with Crippen molar-refractivity contribution in [3.05, 3.63) is 69.1 Å². The van der Waals surface area contributed by atoms with Crippen molar-refractivity contribution in [2.75, 3.05) is 38.2 Å². The average molecular weight is 498 g/mol. The summed E-state index contributed by atoms with van der Waals surface area (Å²) in [4.78, 5) is 7.04. The predicted octanol–water partition coefficient (Wildman–Crippen LogP) is 4.56. The summed E-state index contributed by atoms with van der Waals surface area (Å²) in [6.45, 7) is 1.90. The Morgan fingerprint density at radius 2 is 1.81 bits per heavy atom. The Morgan fingerprint density at radius 1 is 1.06 bits per heavy atom. The van der Waals surface area contributed by atoms with Crippen LogP contribution < -0.4 is 9.64 Å². The van der Waals surface area contributed by atoms with E-state index in [-0.39, 0.29) is 9.92 Å². The lowest BCUT2D eigenvalue weighted by molar-refractivity contribution is 0.384. The van der Waals surface area contributed by atoms with Crippen molar-refractivity contribution >= 4 is 49.7 Å². The Bertz CT molecular complexity index is 1180. The summed E-state index contributed by atoms with van der Waals surface area (Å²) in [5.41, 5.74) is 2.05. The number of thiazole rings is 1. The highest BCUT2D eigenvalue weighted by molar-refractivity contribution is 7.89. The number of halogens is 2. The zero-order chi connectivity index (χ0) is 22.0. The number of sulfonamides is 1. The van der Waals surface area contributed by atoms with E-state index in [1.807, 2.05) is 29.6 Å². The molecule has 1 aliphatic rings. The van der Waals surface area contributed by atoms with Crippen LogP contribution in [0.3, 0.4) is 0 Å². The number of anilines is 1. The number of methoxy groups -OCH3 is 1. The van der Waals surface area contributed by atoms with Crippen molar-refractivity contribution in [2.45, 2.75) is 11.3 Å². The van der Waals surface area contributed by atoms with Crippen LogP contribution in [0.4, 0.5) is 5.13 Å². The van der Waals surface area contributed by atoms with Gasteiger partial charge in [-0.1, -0.05) is 41.4 Å². The first-order valence-electron chi connectivity index (χ1n) is 9.65. The van der Waals surface area contributed by atoms with E-state index in [4.69, 9.17) is 32.9 Å². The zero-order valence-corrected chi connectivity index (χ0v) is 19.9. The lowest BCUT2D eigenvalue weighted by atomic mass is 10.1. The predicted molar refractivity (Wildman–Crippen MR) is 125 cm³/mol. The maximum Gasteiger partial charge on any atom is 0.243 e. The van der Waals surface area contributed by atoms with Gasteiger partial charge in [0.15, 0.2) is 5.13 Å². The van der Waals surface area contributed by atoms with Gasteiger partial charge in [0, 0.05) is 43.5 Å². The maximum absolute atomic E-state index is 12.9. The van der Waals surface area contributed by atoms with E-state index in [2.05, 4.69) is 4.90 Å².